The van der Waals surface area contributed by atoms with Crippen molar-refractivity contribution in [1.29, 1.82) is 0 Å². The largest absolute Gasteiger partial charge is 0.493 e. The van der Waals surface area contributed by atoms with Gasteiger partial charge in [0, 0.05) is 18.7 Å². The van der Waals surface area contributed by atoms with Crippen molar-refractivity contribution in [2.24, 2.45) is 0 Å². The molecule has 4 rings (SSSR count). The van der Waals surface area contributed by atoms with Gasteiger partial charge in [-0.05, 0) is 48.7 Å². The van der Waals surface area contributed by atoms with E-state index in [1.807, 2.05) is 19.1 Å². The van der Waals surface area contributed by atoms with Gasteiger partial charge in [0.15, 0.2) is 11.5 Å². The topological polar surface area (TPSA) is 81.9 Å². The average Bonchev–Trinajstić information content (AvgIpc) is 3.38. The summed E-state index contributed by atoms with van der Waals surface area (Å²) >= 11 is 1.19. The van der Waals surface area contributed by atoms with Crippen molar-refractivity contribution < 1.29 is 22.4 Å². The van der Waals surface area contributed by atoms with E-state index in [4.69, 9.17) is 14.0 Å². The van der Waals surface area contributed by atoms with Gasteiger partial charge < -0.3 is 14.0 Å². The van der Waals surface area contributed by atoms with E-state index in [1.165, 1.54) is 17.6 Å². The van der Waals surface area contributed by atoms with Crippen LogP contribution in [0.25, 0.3) is 10.6 Å². The molecular weight excluding hydrogens is 400 g/mol. The maximum Gasteiger partial charge on any atom is 0.253 e. The van der Waals surface area contributed by atoms with Gasteiger partial charge in [0.1, 0.15) is 16.2 Å². The van der Waals surface area contributed by atoms with E-state index in [2.05, 4.69) is 5.16 Å². The summed E-state index contributed by atoms with van der Waals surface area (Å²) in [6.45, 7) is 2.30. The third kappa shape index (κ3) is 3.09. The molecule has 0 N–H and O–H groups in total. The molecule has 0 unspecified atom stereocenters. The van der Waals surface area contributed by atoms with Crippen molar-refractivity contribution >= 4 is 21.4 Å². The number of thiophene rings is 1. The Kier molecular flexibility index (Phi) is 4.90. The van der Waals surface area contributed by atoms with Crippen molar-refractivity contribution in [3.05, 3.63) is 47.7 Å². The van der Waals surface area contributed by atoms with Crippen molar-refractivity contribution in [2.45, 2.75) is 23.6 Å². The Bertz CT molecular complexity index is 1090. The first-order chi connectivity index (χ1) is 13.5. The van der Waals surface area contributed by atoms with Crippen LogP contribution in [-0.2, 0) is 16.4 Å². The van der Waals surface area contributed by atoms with Crippen molar-refractivity contribution in [3.63, 3.8) is 0 Å². The molecule has 28 heavy (non-hydrogen) atoms. The molecule has 0 saturated carbocycles. The smallest absolute Gasteiger partial charge is 0.253 e. The molecule has 9 heteroatoms. The Morgan fingerprint density at radius 3 is 2.61 bits per heavy atom. The maximum absolute atomic E-state index is 13.3. The molecule has 3 aromatic rings. The molecule has 0 aliphatic carbocycles. The van der Waals surface area contributed by atoms with E-state index < -0.39 is 10.0 Å². The lowest BCUT2D eigenvalue weighted by molar-refractivity contribution is 0.319. The van der Waals surface area contributed by atoms with E-state index in [0.29, 0.717) is 34.4 Å². The molecule has 1 aliphatic rings. The van der Waals surface area contributed by atoms with Crippen LogP contribution >= 0.6 is 11.3 Å². The van der Waals surface area contributed by atoms with Crippen LogP contribution < -0.4 is 9.47 Å². The van der Waals surface area contributed by atoms with Gasteiger partial charge in [0.2, 0.25) is 0 Å². The number of methoxy groups -OCH3 is 2. The molecule has 1 aliphatic heterocycles. The molecule has 2 aromatic heterocycles. The normalized spacial score (nSPS) is 17.3. The van der Waals surface area contributed by atoms with Gasteiger partial charge in [-0.3, -0.25) is 0 Å². The average molecular weight is 421 g/mol. The van der Waals surface area contributed by atoms with Crippen LogP contribution in [-0.4, -0.2) is 38.6 Å². The van der Waals surface area contributed by atoms with Crippen molar-refractivity contribution in [1.82, 2.24) is 9.46 Å². The molecule has 3 heterocycles. The minimum atomic E-state index is -3.64. The lowest BCUT2D eigenvalue weighted by Crippen LogP contribution is -2.38. The summed E-state index contributed by atoms with van der Waals surface area (Å²) in [5, 5.41) is 3.88. The molecule has 1 aromatic carbocycles. The number of rotatable bonds is 5. The highest BCUT2D eigenvalue weighted by molar-refractivity contribution is 7.91. The van der Waals surface area contributed by atoms with Crippen molar-refractivity contribution in [2.75, 3.05) is 20.8 Å². The second-order valence-electron chi connectivity index (χ2n) is 6.45. The van der Waals surface area contributed by atoms with E-state index >= 15 is 0 Å². The molecule has 0 spiro atoms. The number of ether oxygens (including phenoxy) is 2. The van der Waals surface area contributed by atoms with Crippen LogP contribution in [0.3, 0.4) is 0 Å². The van der Waals surface area contributed by atoms with Gasteiger partial charge >= 0.3 is 0 Å². The number of hydrogen-bond donors (Lipinski definition) is 0. The minimum absolute atomic E-state index is 0.293. The number of hydrogen-bond acceptors (Lipinski definition) is 7. The molecule has 7 nitrogen and oxygen atoms in total. The van der Waals surface area contributed by atoms with Crippen LogP contribution in [0.15, 0.2) is 45.3 Å². The van der Waals surface area contributed by atoms with Crippen LogP contribution in [0.2, 0.25) is 0 Å². The molecule has 0 fully saturated rings. The third-order valence-corrected chi connectivity index (χ3v) is 8.51. The molecule has 148 valence electrons. The number of aromatic nitrogens is 1. The predicted octanol–water partition coefficient (Wildman–Crippen LogP) is 3.73. The van der Waals surface area contributed by atoms with Gasteiger partial charge in [-0.2, -0.15) is 4.31 Å². The summed E-state index contributed by atoms with van der Waals surface area (Å²) in [6.07, 6.45) is 2.08. The number of nitrogens with zero attached hydrogens (tertiary/aromatic N) is 2. The van der Waals surface area contributed by atoms with Crippen molar-refractivity contribution in [3.8, 4) is 22.1 Å². The zero-order valence-electron chi connectivity index (χ0n) is 15.7. The van der Waals surface area contributed by atoms with E-state index in [9.17, 15) is 8.42 Å². The zero-order chi connectivity index (χ0) is 19.9. The summed E-state index contributed by atoms with van der Waals surface area (Å²) in [6, 6.07) is 8.58. The second-order valence-corrected chi connectivity index (χ2v) is 9.65. The maximum atomic E-state index is 13.3. The Morgan fingerprint density at radius 2 is 1.93 bits per heavy atom. The number of benzene rings is 1. The summed E-state index contributed by atoms with van der Waals surface area (Å²) in [4.78, 5) is 0.754. The predicted molar refractivity (Wildman–Crippen MR) is 105 cm³/mol. The third-order valence-electron chi connectivity index (χ3n) is 4.96. The van der Waals surface area contributed by atoms with E-state index in [0.717, 1.165) is 16.0 Å². The van der Waals surface area contributed by atoms with Crippen LogP contribution in [0, 0.1) is 0 Å². The molecule has 0 radical (unpaired) electrons. The fourth-order valence-electron chi connectivity index (χ4n) is 3.50. The molecule has 0 bridgehead atoms. The highest BCUT2D eigenvalue weighted by atomic mass is 32.2. The van der Waals surface area contributed by atoms with Crippen LogP contribution in [0.4, 0.5) is 0 Å². The van der Waals surface area contributed by atoms with Crippen LogP contribution in [0.1, 0.15) is 24.1 Å². The van der Waals surface area contributed by atoms with Gasteiger partial charge in [-0.1, -0.05) is 5.16 Å². The SMILES string of the molecule is COc1cc2c(cc1OC)[C@H](C)N(S(=O)(=O)c1ccc(-c3ccon3)s1)CC2. The highest BCUT2D eigenvalue weighted by Crippen LogP contribution is 2.41. The summed E-state index contributed by atoms with van der Waals surface area (Å²) in [5.41, 5.74) is 2.63. The first-order valence-electron chi connectivity index (χ1n) is 8.73. The summed E-state index contributed by atoms with van der Waals surface area (Å²) in [7, 11) is -0.472. The molecule has 1 atom stereocenters. The Morgan fingerprint density at radius 1 is 1.18 bits per heavy atom. The zero-order valence-corrected chi connectivity index (χ0v) is 17.3. The molecule has 0 amide bonds. The second kappa shape index (κ2) is 7.23. The quantitative estimate of drug-likeness (QED) is 0.626. The molecule has 0 saturated heterocycles. The van der Waals surface area contributed by atoms with Gasteiger partial charge in [-0.25, -0.2) is 8.42 Å². The number of fused-ring (bicyclic) bond motifs is 1. The molecular formula is C19H20N2O5S2. The lowest BCUT2D eigenvalue weighted by atomic mass is 9.94. The first-order valence-corrected chi connectivity index (χ1v) is 11.0. The minimum Gasteiger partial charge on any atom is -0.493 e. The lowest BCUT2D eigenvalue weighted by Gasteiger charge is -2.34. The Balaban J connectivity index is 1.68. The van der Waals surface area contributed by atoms with Crippen LogP contribution in [0.5, 0.6) is 11.5 Å². The Hall–Kier alpha value is -2.36. The summed E-state index contributed by atoms with van der Waals surface area (Å²) < 4.78 is 44.1. The van der Waals surface area contributed by atoms with Gasteiger partial charge in [0.25, 0.3) is 10.0 Å². The van der Waals surface area contributed by atoms with E-state index in [-0.39, 0.29) is 6.04 Å². The van der Waals surface area contributed by atoms with Gasteiger partial charge in [0.05, 0.1) is 19.1 Å². The van der Waals surface area contributed by atoms with E-state index in [1.54, 1.807) is 36.7 Å². The fraction of sp³-hybridized carbons (Fsp3) is 0.316. The van der Waals surface area contributed by atoms with Gasteiger partial charge in [-0.15, -0.1) is 11.3 Å². The summed E-state index contributed by atoms with van der Waals surface area (Å²) in [5.74, 6) is 1.25. The highest BCUT2D eigenvalue weighted by Gasteiger charge is 2.35. The Labute approximate surface area is 167 Å². The fourth-order valence-corrected chi connectivity index (χ4v) is 6.51. The standard InChI is InChI=1S/C19H20N2O5S2/c1-12-14-11-17(25-3)16(24-2)10-13(14)6-8-21(12)28(22,23)19-5-4-18(27-19)15-7-9-26-20-15/h4-5,7,9-12H,6,8H2,1-3H3/t12-/m0/s1. The first kappa shape index (κ1) is 19.0. The number of sulfonamides is 1. The monoisotopic (exact) mass is 420 g/mol.